The zero-order valence-corrected chi connectivity index (χ0v) is 8.28. The van der Waals surface area contributed by atoms with Crippen LogP contribution in [0.15, 0.2) is 0 Å². The summed E-state index contributed by atoms with van der Waals surface area (Å²) in [6.07, 6.45) is 2.68. The van der Waals surface area contributed by atoms with E-state index >= 15 is 0 Å². The van der Waals surface area contributed by atoms with Gasteiger partial charge < -0.3 is 14.7 Å². The molecule has 0 amide bonds. The van der Waals surface area contributed by atoms with E-state index in [9.17, 15) is 5.11 Å². The number of piperidine rings is 1. The Kier molecular flexibility index (Phi) is 2.86. The van der Waals surface area contributed by atoms with E-state index in [-0.39, 0.29) is 6.10 Å². The fourth-order valence-electron chi connectivity index (χ4n) is 2.08. The van der Waals surface area contributed by atoms with Crippen molar-refractivity contribution in [1.29, 1.82) is 0 Å². The molecule has 0 aromatic heterocycles. The SMILES string of the molecule is CC(O)C1CCN(CC2CO2)CC1. The molecule has 2 unspecified atom stereocenters. The molecule has 2 fully saturated rings. The van der Waals surface area contributed by atoms with E-state index in [4.69, 9.17) is 4.74 Å². The van der Waals surface area contributed by atoms with Crippen molar-refractivity contribution >= 4 is 0 Å². The molecule has 3 heteroatoms. The molecular weight excluding hydrogens is 166 g/mol. The molecule has 2 aliphatic rings. The van der Waals surface area contributed by atoms with Gasteiger partial charge in [-0.1, -0.05) is 0 Å². The van der Waals surface area contributed by atoms with Crippen molar-refractivity contribution in [3.8, 4) is 0 Å². The van der Waals surface area contributed by atoms with Crippen molar-refractivity contribution in [3.05, 3.63) is 0 Å². The molecule has 13 heavy (non-hydrogen) atoms. The van der Waals surface area contributed by atoms with E-state index in [0.717, 1.165) is 39.1 Å². The summed E-state index contributed by atoms with van der Waals surface area (Å²) in [5.74, 6) is 0.524. The van der Waals surface area contributed by atoms with Gasteiger partial charge in [-0.15, -0.1) is 0 Å². The molecule has 2 aliphatic heterocycles. The second-order valence-electron chi connectivity index (χ2n) is 4.33. The second-order valence-corrected chi connectivity index (χ2v) is 4.33. The minimum atomic E-state index is -0.126. The smallest absolute Gasteiger partial charge is 0.0936 e. The van der Waals surface area contributed by atoms with Gasteiger partial charge in [-0.05, 0) is 38.8 Å². The Balaban J connectivity index is 1.69. The average molecular weight is 185 g/mol. The van der Waals surface area contributed by atoms with Crippen molar-refractivity contribution in [3.63, 3.8) is 0 Å². The molecule has 2 saturated heterocycles. The van der Waals surface area contributed by atoms with Crippen molar-refractivity contribution in [1.82, 2.24) is 4.90 Å². The highest BCUT2D eigenvalue weighted by atomic mass is 16.6. The third kappa shape index (κ3) is 2.66. The molecule has 0 spiro atoms. The normalized spacial score (nSPS) is 33.2. The standard InChI is InChI=1S/C10H19NO2/c1-8(12)9-2-4-11(5-3-9)6-10-7-13-10/h8-10,12H,2-7H2,1H3. The molecule has 0 saturated carbocycles. The maximum Gasteiger partial charge on any atom is 0.0936 e. The molecule has 76 valence electrons. The van der Waals surface area contributed by atoms with Gasteiger partial charge in [-0.25, -0.2) is 0 Å². The van der Waals surface area contributed by atoms with Crippen LogP contribution in [0.1, 0.15) is 19.8 Å². The molecule has 2 atom stereocenters. The van der Waals surface area contributed by atoms with Crippen molar-refractivity contribution < 1.29 is 9.84 Å². The number of aliphatic hydroxyl groups is 1. The van der Waals surface area contributed by atoms with Crippen LogP contribution in [0, 0.1) is 5.92 Å². The Morgan fingerprint density at radius 3 is 2.54 bits per heavy atom. The number of rotatable bonds is 3. The number of likely N-dealkylation sites (tertiary alicyclic amines) is 1. The van der Waals surface area contributed by atoms with E-state index < -0.39 is 0 Å². The number of ether oxygens (including phenoxy) is 1. The molecule has 0 aromatic rings. The van der Waals surface area contributed by atoms with Gasteiger partial charge in [-0.2, -0.15) is 0 Å². The second kappa shape index (κ2) is 3.95. The zero-order valence-electron chi connectivity index (χ0n) is 8.28. The van der Waals surface area contributed by atoms with Crippen LogP contribution in [0.3, 0.4) is 0 Å². The van der Waals surface area contributed by atoms with Crippen molar-refractivity contribution in [2.24, 2.45) is 5.92 Å². The molecule has 0 radical (unpaired) electrons. The van der Waals surface area contributed by atoms with Gasteiger partial charge in [0.15, 0.2) is 0 Å². The minimum absolute atomic E-state index is 0.126. The van der Waals surface area contributed by atoms with Gasteiger partial charge >= 0.3 is 0 Å². The lowest BCUT2D eigenvalue weighted by molar-refractivity contribution is 0.0696. The summed E-state index contributed by atoms with van der Waals surface area (Å²) in [6.45, 7) is 6.23. The van der Waals surface area contributed by atoms with Gasteiger partial charge in [-0.3, -0.25) is 0 Å². The summed E-state index contributed by atoms with van der Waals surface area (Å²) in [4.78, 5) is 2.45. The maximum absolute atomic E-state index is 9.41. The quantitative estimate of drug-likeness (QED) is 0.650. The predicted molar refractivity (Wildman–Crippen MR) is 50.6 cm³/mol. The first kappa shape index (κ1) is 9.44. The number of hydrogen-bond acceptors (Lipinski definition) is 3. The van der Waals surface area contributed by atoms with Crippen LogP contribution < -0.4 is 0 Å². The van der Waals surface area contributed by atoms with Crippen LogP contribution in [0.25, 0.3) is 0 Å². The monoisotopic (exact) mass is 185 g/mol. The van der Waals surface area contributed by atoms with Gasteiger partial charge in [0.05, 0.1) is 18.8 Å². The summed E-state index contributed by atoms with van der Waals surface area (Å²) < 4.78 is 5.19. The largest absolute Gasteiger partial charge is 0.393 e. The first-order chi connectivity index (χ1) is 6.25. The maximum atomic E-state index is 9.41. The molecule has 0 aliphatic carbocycles. The molecule has 1 N–H and O–H groups in total. The summed E-state index contributed by atoms with van der Waals surface area (Å²) in [7, 11) is 0. The van der Waals surface area contributed by atoms with Gasteiger partial charge in [0.2, 0.25) is 0 Å². The van der Waals surface area contributed by atoms with E-state index in [1.165, 1.54) is 0 Å². The Morgan fingerprint density at radius 1 is 1.46 bits per heavy atom. The molecule has 0 bridgehead atoms. The highest BCUT2D eigenvalue weighted by Crippen LogP contribution is 2.22. The lowest BCUT2D eigenvalue weighted by Crippen LogP contribution is -2.38. The molecule has 0 aromatic carbocycles. The van der Waals surface area contributed by atoms with E-state index in [1.807, 2.05) is 6.92 Å². The Hall–Kier alpha value is -0.120. The van der Waals surface area contributed by atoms with Gasteiger partial charge in [0.1, 0.15) is 0 Å². The summed E-state index contributed by atoms with van der Waals surface area (Å²) >= 11 is 0. The summed E-state index contributed by atoms with van der Waals surface area (Å²) in [6, 6.07) is 0. The number of epoxide rings is 1. The Bertz CT molecular complexity index is 160. The highest BCUT2D eigenvalue weighted by molar-refractivity contribution is 4.80. The number of aliphatic hydroxyl groups excluding tert-OH is 1. The first-order valence-corrected chi connectivity index (χ1v) is 5.27. The van der Waals surface area contributed by atoms with E-state index in [1.54, 1.807) is 0 Å². The average Bonchev–Trinajstić information content (AvgIpc) is 2.89. The lowest BCUT2D eigenvalue weighted by Gasteiger charge is -2.32. The fraction of sp³-hybridized carbons (Fsp3) is 1.00. The molecule has 2 rings (SSSR count). The zero-order chi connectivity index (χ0) is 9.26. The summed E-state index contributed by atoms with van der Waals surface area (Å²) in [5, 5.41) is 9.41. The van der Waals surface area contributed by atoms with E-state index in [2.05, 4.69) is 4.90 Å². The third-order valence-electron chi connectivity index (χ3n) is 3.18. The van der Waals surface area contributed by atoms with Crippen LogP contribution >= 0.6 is 0 Å². The van der Waals surface area contributed by atoms with Crippen molar-refractivity contribution in [2.45, 2.75) is 32.0 Å². The number of nitrogens with zero attached hydrogens (tertiary/aromatic N) is 1. The van der Waals surface area contributed by atoms with Crippen LogP contribution in [0.4, 0.5) is 0 Å². The lowest BCUT2D eigenvalue weighted by atomic mass is 9.92. The number of hydrogen-bond donors (Lipinski definition) is 1. The third-order valence-corrected chi connectivity index (χ3v) is 3.18. The first-order valence-electron chi connectivity index (χ1n) is 5.27. The molecule has 3 nitrogen and oxygen atoms in total. The fourth-order valence-corrected chi connectivity index (χ4v) is 2.08. The molecule has 2 heterocycles. The predicted octanol–water partition coefficient (Wildman–Crippen LogP) is 0.478. The van der Waals surface area contributed by atoms with E-state index in [0.29, 0.717) is 12.0 Å². The van der Waals surface area contributed by atoms with Gasteiger partial charge in [0.25, 0.3) is 0 Å². The van der Waals surface area contributed by atoms with Crippen LogP contribution in [-0.2, 0) is 4.74 Å². The van der Waals surface area contributed by atoms with Crippen molar-refractivity contribution in [2.75, 3.05) is 26.2 Å². The Labute approximate surface area is 79.7 Å². The van der Waals surface area contributed by atoms with Crippen LogP contribution in [-0.4, -0.2) is 48.5 Å². The Morgan fingerprint density at radius 2 is 2.08 bits per heavy atom. The minimum Gasteiger partial charge on any atom is -0.393 e. The van der Waals surface area contributed by atoms with Crippen LogP contribution in [0.5, 0.6) is 0 Å². The highest BCUT2D eigenvalue weighted by Gasteiger charge is 2.28. The summed E-state index contributed by atoms with van der Waals surface area (Å²) in [5.41, 5.74) is 0. The topological polar surface area (TPSA) is 36.0 Å². The molecular formula is C10H19NO2. The van der Waals surface area contributed by atoms with Crippen LogP contribution in [0.2, 0.25) is 0 Å². The van der Waals surface area contributed by atoms with Gasteiger partial charge in [0, 0.05) is 6.54 Å².